The standard InChI is InChI=1S/C24H24FN5O2S/c1-14-21(28-30(24(32)33-14)11-10-26-23(31)15-6-7-15)16-8-9-20-19(13-16)27-22(29(20)2)17-4-3-5-18(25)12-17/h3-5,8-9,12-15H,6-7,10-11H2,1-2H3,(H,26,31). The number of thioether (sulfide) groups is 1. The molecule has 0 bridgehead atoms. The monoisotopic (exact) mass is 465 g/mol. The molecule has 2 amide bonds. The summed E-state index contributed by atoms with van der Waals surface area (Å²) in [7, 11) is 1.90. The second kappa shape index (κ2) is 8.62. The molecule has 7 nitrogen and oxygen atoms in total. The Kier molecular flexibility index (Phi) is 5.65. The highest BCUT2D eigenvalue weighted by atomic mass is 32.2. The van der Waals surface area contributed by atoms with Gasteiger partial charge in [0.25, 0.3) is 0 Å². The van der Waals surface area contributed by atoms with Crippen LogP contribution in [-0.4, -0.2) is 49.8 Å². The van der Waals surface area contributed by atoms with Crippen LogP contribution >= 0.6 is 11.8 Å². The SMILES string of the molecule is CC1SC(=O)N(CCNC(=O)C2CC2)N=C1c1ccc2c(c1)nc(-c1cccc(F)c1)n2C. The van der Waals surface area contributed by atoms with E-state index in [9.17, 15) is 14.0 Å². The summed E-state index contributed by atoms with van der Waals surface area (Å²) in [6.45, 7) is 2.66. The van der Waals surface area contributed by atoms with Gasteiger partial charge in [-0.05, 0) is 44.0 Å². The molecule has 0 saturated heterocycles. The second-order valence-electron chi connectivity index (χ2n) is 8.41. The quantitative estimate of drug-likeness (QED) is 0.593. The van der Waals surface area contributed by atoms with Crippen LogP contribution in [-0.2, 0) is 11.8 Å². The Labute approximate surface area is 195 Å². The lowest BCUT2D eigenvalue weighted by Gasteiger charge is -2.27. The Morgan fingerprint density at radius 3 is 2.79 bits per heavy atom. The van der Waals surface area contributed by atoms with Crippen molar-refractivity contribution in [3.63, 3.8) is 0 Å². The lowest BCUT2D eigenvalue weighted by atomic mass is 10.1. The Hall–Kier alpha value is -3.20. The van der Waals surface area contributed by atoms with Crippen LogP contribution in [0.4, 0.5) is 9.18 Å². The zero-order valence-corrected chi connectivity index (χ0v) is 19.2. The van der Waals surface area contributed by atoms with Gasteiger partial charge in [-0.2, -0.15) is 5.10 Å². The van der Waals surface area contributed by atoms with Crippen molar-refractivity contribution in [2.24, 2.45) is 18.1 Å². The zero-order valence-electron chi connectivity index (χ0n) is 18.4. The van der Waals surface area contributed by atoms with Crippen molar-refractivity contribution in [3.05, 3.63) is 53.8 Å². The van der Waals surface area contributed by atoms with E-state index in [1.165, 1.54) is 28.9 Å². The molecular formula is C24H24FN5O2S. The topological polar surface area (TPSA) is 79.6 Å². The summed E-state index contributed by atoms with van der Waals surface area (Å²) in [5.74, 6) is 0.566. The number of aromatic nitrogens is 2. The Balaban J connectivity index is 1.41. The van der Waals surface area contributed by atoms with Crippen LogP contribution in [0, 0.1) is 11.7 Å². The summed E-state index contributed by atoms with van der Waals surface area (Å²) in [4.78, 5) is 29.1. The summed E-state index contributed by atoms with van der Waals surface area (Å²) in [5.41, 5.74) is 4.07. The van der Waals surface area contributed by atoms with Gasteiger partial charge in [-0.1, -0.05) is 30.0 Å². The number of imidazole rings is 1. The lowest BCUT2D eigenvalue weighted by molar-refractivity contribution is -0.122. The number of carbonyl (C=O) groups excluding carboxylic acids is 2. The number of aryl methyl sites for hydroxylation is 1. The van der Waals surface area contributed by atoms with Crippen LogP contribution in [0.5, 0.6) is 0 Å². The number of amides is 2. The molecule has 2 aromatic carbocycles. The van der Waals surface area contributed by atoms with E-state index in [4.69, 9.17) is 4.98 Å². The molecule has 1 aliphatic carbocycles. The van der Waals surface area contributed by atoms with Crippen molar-refractivity contribution in [1.29, 1.82) is 0 Å². The van der Waals surface area contributed by atoms with E-state index in [1.807, 2.05) is 42.8 Å². The van der Waals surface area contributed by atoms with Crippen LogP contribution < -0.4 is 5.32 Å². The molecule has 3 aromatic rings. The number of benzene rings is 2. The normalized spacial score (nSPS) is 18.5. The highest BCUT2D eigenvalue weighted by Gasteiger charge is 2.31. The van der Waals surface area contributed by atoms with Gasteiger partial charge in [0, 0.05) is 30.6 Å². The lowest BCUT2D eigenvalue weighted by Crippen LogP contribution is -2.39. The maximum atomic E-state index is 13.7. The fourth-order valence-corrected chi connectivity index (χ4v) is 4.82. The number of halogens is 1. The molecule has 33 heavy (non-hydrogen) atoms. The minimum Gasteiger partial charge on any atom is -0.354 e. The number of nitrogens with one attached hydrogen (secondary N) is 1. The molecule has 1 N–H and O–H groups in total. The number of fused-ring (bicyclic) bond motifs is 1. The van der Waals surface area contributed by atoms with Crippen molar-refractivity contribution in [1.82, 2.24) is 19.9 Å². The van der Waals surface area contributed by atoms with Gasteiger partial charge in [0.2, 0.25) is 5.91 Å². The summed E-state index contributed by atoms with van der Waals surface area (Å²) < 4.78 is 15.7. The molecule has 1 aliphatic heterocycles. The van der Waals surface area contributed by atoms with Gasteiger partial charge >= 0.3 is 5.24 Å². The van der Waals surface area contributed by atoms with E-state index in [0.29, 0.717) is 24.5 Å². The van der Waals surface area contributed by atoms with Gasteiger partial charge in [-0.15, -0.1) is 0 Å². The third-order valence-electron chi connectivity index (χ3n) is 5.93. The van der Waals surface area contributed by atoms with Crippen LogP contribution in [0.2, 0.25) is 0 Å². The zero-order chi connectivity index (χ0) is 23.1. The molecule has 0 radical (unpaired) electrons. The highest BCUT2D eigenvalue weighted by Crippen LogP contribution is 2.30. The van der Waals surface area contributed by atoms with Gasteiger partial charge in [-0.3, -0.25) is 9.59 Å². The molecule has 1 fully saturated rings. The number of carbonyl (C=O) groups is 2. The molecule has 170 valence electrons. The minimum absolute atomic E-state index is 0.0550. The molecule has 9 heteroatoms. The fraction of sp³-hybridized carbons (Fsp3) is 0.333. The fourth-order valence-electron chi connectivity index (χ4n) is 3.97. The van der Waals surface area contributed by atoms with Gasteiger partial charge in [-0.25, -0.2) is 14.4 Å². The summed E-state index contributed by atoms with van der Waals surface area (Å²) in [5, 5.41) is 8.69. The maximum Gasteiger partial charge on any atom is 0.302 e. The van der Waals surface area contributed by atoms with Crippen molar-refractivity contribution in [2.75, 3.05) is 13.1 Å². The van der Waals surface area contributed by atoms with Crippen LogP contribution in [0.15, 0.2) is 47.6 Å². The highest BCUT2D eigenvalue weighted by molar-refractivity contribution is 8.14. The van der Waals surface area contributed by atoms with Crippen LogP contribution in [0.25, 0.3) is 22.4 Å². The molecule has 1 saturated carbocycles. The Morgan fingerprint density at radius 2 is 2.03 bits per heavy atom. The average molecular weight is 466 g/mol. The van der Waals surface area contributed by atoms with Gasteiger partial charge in [0.1, 0.15) is 11.6 Å². The largest absolute Gasteiger partial charge is 0.354 e. The first kappa shape index (κ1) is 21.6. The summed E-state index contributed by atoms with van der Waals surface area (Å²) in [6.07, 6.45) is 1.89. The third kappa shape index (κ3) is 4.37. The van der Waals surface area contributed by atoms with Gasteiger partial charge in [0.05, 0.1) is 28.5 Å². The molecule has 5 rings (SSSR count). The molecule has 1 aromatic heterocycles. The van der Waals surface area contributed by atoms with E-state index in [0.717, 1.165) is 35.2 Å². The molecular weight excluding hydrogens is 441 g/mol. The third-order valence-corrected chi connectivity index (χ3v) is 6.92. The number of rotatable bonds is 6. The number of nitrogens with zero attached hydrogens (tertiary/aromatic N) is 4. The summed E-state index contributed by atoms with van der Waals surface area (Å²) in [6, 6.07) is 12.3. The smallest absolute Gasteiger partial charge is 0.302 e. The number of hydrazone groups is 1. The van der Waals surface area contributed by atoms with E-state index < -0.39 is 0 Å². The molecule has 1 atom stereocenters. The number of hydrogen-bond acceptors (Lipinski definition) is 5. The van der Waals surface area contributed by atoms with E-state index >= 15 is 0 Å². The predicted octanol–water partition coefficient (Wildman–Crippen LogP) is 4.17. The molecule has 1 unspecified atom stereocenters. The van der Waals surface area contributed by atoms with Crippen molar-refractivity contribution < 1.29 is 14.0 Å². The maximum absolute atomic E-state index is 13.7. The van der Waals surface area contributed by atoms with E-state index in [2.05, 4.69) is 10.4 Å². The average Bonchev–Trinajstić information content (AvgIpc) is 3.59. The van der Waals surface area contributed by atoms with Gasteiger partial charge < -0.3 is 9.88 Å². The van der Waals surface area contributed by atoms with E-state index in [1.54, 1.807) is 6.07 Å². The van der Waals surface area contributed by atoms with Crippen molar-refractivity contribution in [2.45, 2.75) is 25.0 Å². The van der Waals surface area contributed by atoms with Gasteiger partial charge in [0.15, 0.2) is 0 Å². The molecule has 0 spiro atoms. The first-order valence-electron chi connectivity index (χ1n) is 11.0. The molecule has 2 aliphatic rings. The number of hydrogen-bond donors (Lipinski definition) is 1. The first-order valence-corrected chi connectivity index (χ1v) is 11.9. The summed E-state index contributed by atoms with van der Waals surface area (Å²) >= 11 is 1.22. The Bertz CT molecular complexity index is 1280. The second-order valence-corrected chi connectivity index (χ2v) is 9.70. The van der Waals surface area contributed by atoms with Crippen molar-refractivity contribution in [3.8, 4) is 11.4 Å². The van der Waals surface area contributed by atoms with Crippen LogP contribution in [0.3, 0.4) is 0 Å². The molecule has 2 heterocycles. The minimum atomic E-state index is -0.305. The first-order chi connectivity index (χ1) is 15.9. The van der Waals surface area contributed by atoms with Crippen LogP contribution in [0.1, 0.15) is 25.3 Å². The van der Waals surface area contributed by atoms with Crippen molar-refractivity contribution >= 4 is 39.7 Å². The predicted molar refractivity (Wildman–Crippen MR) is 128 cm³/mol. The van der Waals surface area contributed by atoms with E-state index in [-0.39, 0.29) is 28.1 Å². The Morgan fingerprint density at radius 1 is 1.21 bits per heavy atom.